The zero-order chi connectivity index (χ0) is 18.9. The fraction of sp³-hybridized carbons (Fsp3) is 0.579. The van der Waals surface area contributed by atoms with E-state index in [2.05, 4.69) is 38.3 Å². The van der Waals surface area contributed by atoms with Gasteiger partial charge in [0.25, 0.3) is 0 Å². The van der Waals surface area contributed by atoms with Gasteiger partial charge in [0.15, 0.2) is 5.96 Å². The largest absolute Gasteiger partial charge is 0.381 e. The Morgan fingerprint density at radius 3 is 2.77 bits per heavy atom. The fourth-order valence-electron chi connectivity index (χ4n) is 2.78. The van der Waals surface area contributed by atoms with Gasteiger partial charge in [-0.05, 0) is 31.0 Å². The van der Waals surface area contributed by atoms with Gasteiger partial charge >= 0.3 is 0 Å². The molecule has 1 heterocycles. The summed E-state index contributed by atoms with van der Waals surface area (Å²) in [5.74, 6) is 1.34. The molecule has 2 rings (SSSR count). The molecule has 0 bridgehead atoms. The quantitative estimate of drug-likeness (QED) is 0.538. The maximum atomic E-state index is 11.9. The normalized spacial score (nSPS) is 17.5. The summed E-state index contributed by atoms with van der Waals surface area (Å²) in [4.78, 5) is 20.5. The highest BCUT2D eigenvalue weighted by atomic mass is 79.9. The van der Waals surface area contributed by atoms with Crippen molar-refractivity contribution >= 4 is 27.8 Å². The number of guanidine groups is 1. The minimum Gasteiger partial charge on any atom is -0.381 e. The monoisotopic (exact) mass is 424 g/mol. The number of amides is 1. The Hall–Kier alpha value is -1.60. The molecule has 1 unspecified atom stereocenters. The maximum absolute atomic E-state index is 11.9. The topological polar surface area (TPSA) is 57.2 Å². The Morgan fingerprint density at radius 2 is 2.12 bits per heavy atom. The van der Waals surface area contributed by atoms with Crippen molar-refractivity contribution in [2.24, 2.45) is 10.9 Å². The van der Waals surface area contributed by atoms with Crippen LogP contribution in [0.1, 0.15) is 18.9 Å². The van der Waals surface area contributed by atoms with Gasteiger partial charge in [-0.3, -0.25) is 4.79 Å². The van der Waals surface area contributed by atoms with E-state index in [1.165, 1.54) is 0 Å². The van der Waals surface area contributed by atoms with Gasteiger partial charge in [0, 0.05) is 44.2 Å². The number of halogens is 1. The second-order valence-corrected chi connectivity index (χ2v) is 7.58. The lowest BCUT2D eigenvalue weighted by Crippen LogP contribution is -2.44. The zero-order valence-electron chi connectivity index (χ0n) is 15.9. The standard InChI is InChI=1S/C19H29BrN4O2/c1-4-26-14-16-9-10-24(13-16)19(22-12-18(25)23(2)3)21-11-15-5-7-17(20)8-6-15/h5-8,16H,4,9-14H2,1-3H3,(H,21,22). The summed E-state index contributed by atoms with van der Waals surface area (Å²) >= 11 is 3.45. The van der Waals surface area contributed by atoms with E-state index in [0.29, 0.717) is 12.5 Å². The third-order valence-electron chi connectivity index (χ3n) is 4.36. The number of benzene rings is 1. The van der Waals surface area contributed by atoms with Crippen LogP contribution < -0.4 is 5.32 Å². The molecule has 0 aromatic heterocycles. The van der Waals surface area contributed by atoms with Crippen LogP contribution >= 0.6 is 15.9 Å². The number of carbonyl (C=O) groups is 1. The van der Waals surface area contributed by atoms with Crippen LogP contribution in [0.5, 0.6) is 0 Å². The summed E-state index contributed by atoms with van der Waals surface area (Å²) in [5, 5.41) is 3.24. The Morgan fingerprint density at radius 1 is 1.38 bits per heavy atom. The molecule has 0 radical (unpaired) electrons. The Bertz CT molecular complexity index is 604. The second kappa shape index (κ2) is 10.5. The first-order valence-corrected chi connectivity index (χ1v) is 9.84. The molecular formula is C19H29BrN4O2. The van der Waals surface area contributed by atoms with E-state index < -0.39 is 0 Å². The van der Waals surface area contributed by atoms with Crippen molar-refractivity contribution in [3.8, 4) is 0 Å². The minimum atomic E-state index is 0.0337. The Labute approximate surface area is 164 Å². The number of likely N-dealkylation sites (N-methyl/N-ethyl adjacent to an activating group) is 1. The van der Waals surface area contributed by atoms with Crippen LogP contribution in [0.2, 0.25) is 0 Å². The summed E-state index contributed by atoms with van der Waals surface area (Å²) in [6.45, 7) is 6.21. The van der Waals surface area contributed by atoms with Crippen LogP contribution in [-0.2, 0) is 16.1 Å². The van der Waals surface area contributed by atoms with Crippen molar-refractivity contribution in [3.63, 3.8) is 0 Å². The van der Waals surface area contributed by atoms with Crippen molar-refractivity contribution in [2.75, 3.05) is 46.9 Å². The number of hydrogen-bond acceptors (Lipinski definition) is 3. The summed E-state index contributed by atoms with van der Waals surface area (Å²) < 4.78 is 6.62. The van der Waals surface area contributed by atoms with Crippen molar-refractivity contribution in [1.82, 2.24) is 15.1 Å². The maximum Gasteiger partial charge on any atom is 0.241 e. The molecule has 1 fully saturated rings. The van der Waals surface area contributed by atoms with E-state index in [9.17, 15) is 4.79 Å². The van der Waals surface area contributed by atoms with Crippen LogP contribution in [0.3, 0.4) is 0 Å². The number of ether oxygens (including phenoxy) is 1. The van der Waals surface area contributed by atoms with Gasteiger partial charge in [-0.25, -0.2) is 4.99 Å². The molecule has 0 saturated carbocycles. The van der Waals surface area contributed by atoms with Gasteiger partial charge in [-0.1, -0.05) is 28.1 Å². The summed E-state index contributed by atoms with van der Waals surface area (Å²) in [7, 11) is 3.52. The summed E-state index contributed by atoms with van der Waals surface area (Å²) in [5.41, 5.74) is 1.14. The van der Waals surface area contributed by atoms with Crippen LogP contribution in [0, 0.1) is 5.92 Å². The molecule has 1 amide bonds. The third kappa shape index (κ3) is 6.61. The predicted molar refractivity (Wildman–Crippen MR) is 108 cm³/mol. The second-order valence-electron chi connectivity index (χ2n) is 6.67. The van der Waals surface area contributed by atoms with Crippen molar-refractivity contribution < 1.29 is 9.53 Å². The molecule has 6 nitrogen and oxygen atoms in total. The van der Waals surface area contributed by atoms with E-state index in [-0.39, 0.29) is 12.5 Å². The number of carbonyl (C=O) groups excluding carboxylic acids is 1. The predicted octanol–water partition coefficient (Wildman–Crippen LogP) is 2.34. The van der Waals surface area contributed by atoms with Crippen LogP contribution in [0.15, 0.2) is 33.7 Å². The van der Waals surface area contributed by atoms with Crippen LogP contribution in [-0.4, -0.2) is 68.6 Å². The molecule has 7 heteroatoms. The molecule has 1 N–H and O–H groups in total. The molecule has 26 heavy (non-hydrogen) atoms. The van der Waals surface area contributed by atoms with E-state index in [4.69, 9.17) is 9.73 Å². The lowest BCUT2D eigenvalue weighted by atomic mass is 10.1. The van der Waals surface area contributed by atoms with Crippen LogP contribution in [0.25, 0.3) is 0 Å². The molecule has 0 aliphatic carbocycles. The molecule has 1 aliphatic heterocycles. The number of nitrogens with zero attached hydrogens (tertiary/aromatic N) is 3. The van der Waals surface area contributed by atoms with Crippen molar-refractivity contribution in [3.05, 3.63) is 34.3 Å². The van der Waals surface area contributed by atoms with Gasteiger partial charge < -0.3 is 19.9 Å². The molecule has 1 aromatic carbocycles. The van der Waals surface area contributed by atoms with Gasteiger partial charge in [-0.15, -0.1) is 0 Å². The summed E-state index contributed by atoms with van der Waals surface area (Å²) in [6.07, 6.45) is 1.08. The fourth-order valence-corrected chi connectivity index (χ4v) is 3.05. The van der Waals surface area contributed by atoms with Crippen molar-refractivity contribution in [2.45, 2.75) is 19.9 Å². The number of rotatable bonds is 7. The highest BCUT2D eigenvalue weighted by molar-refractivity contribution is 9.10. The van der Waals surface area contributed by atoms with Gasteiger partial charge in [-0.2, -0.15) is 0 Å². The lowest BCUT2D eigenvalue weighted by Gasteiger charge is -2.23. The molecule has 144 valence electrons. The highest BCUT2D eigenvalue weighted by Crippen LogP contribution is 2.17. The molecular weight excluding hydrogens is 396 g/mol. The molecule has 1 atom stereocenters. The smallest absolute Gasteiger partial charge is 0.241 e. The lowest BCUT2D eigenvalue weighted by molar-refractivity contribution is -0.127. The number of aliphatic imine (C=N–C) groups is 1. The van der Waals surface area contributed by atoms with Crippen molar-refractivity contribution in [1.29, 1.82) is 0 Å². The van der Waals surface area contributed by atoms with Gasteiger partial charge in [0.05, 0.1) is 19.7 Å². The van der Waals surface area contributed by atoms with E-state index in [1.54, 1.807) is 19.0 Å². The molecule has 0 spiro atoms. The van der Waals surface area contributed by atoms with Gasteiger partial charge in [0.1, 0.15) is 0 Å². The van der Waals surface area contributed by atoms with Crippen LogP contribution in [0.4, 0.5) is 0 Å². The number of nitrogens with one attached hydrogen (secondary N) is 1. The molecule has 1 aromatic rings. The third-order valence-corrected chi connectivity index (χ3v) is 4.89. The number of likely N-dealkylation sites (tertiary alicyclic amines) is 1. The first-order valence-electron chi connectivity index (χ1n) is 9.05. The number of hydrogen-bond donors (Lipinski definition) is 1. The SMILES string of the molecule is CCOCC1CCN(C(=NCc2ccc(Br)cc2)NCC(=O)N(C)C)C1. The van der Waals surface area contributed by atoms with E-state index in [0.717, 1.165) is 48.7 Å². The average Bonchev–Trinajstić information content (AvgIpc) is 3.09. The first kappa shape index (κ1) is 20.7. The Balaban J connectivity index is 2.02. The average molecular weight is 425 g/mol. The minimum absolute atomic E-state index is 0.0337. The molecule has 1 aliphatic rings. The van der Waals surface area contributed by atoms with Gasteiger partial charge in [0.2, 0.25) is 5.91 Å². The Kier molecular flexibility index (Phi) is 8.38. The van der Waals surface area contributed by atoms with E-state index in [1.807, 2.05) is 19.1 Å². The highest BCUT2D eigenvalue weighted by Gasteiger charge is 2.25. The summed E-state index contributed by atoms with van der Waals surface area (Å²) in [6, 6.07) is 8.14. The van der Waals surface area contributed by atoms with E-state index >= 15 is 0 Å². The zero-order valence-corrected chi connectivity index (χ0v) is 17.5. The molecule has 1 saturated heterocycles. The first-order chi connectivity index (χ1) is 12.5.